The number of hydrogen-bond donors (Lipinski definition) is 0. The molecule has 2 heterocycles. The topological polar surface area (TPSA) is 48.9 Å². The highest BCUT2D eigenvalue weighted by molar-refractivity contribution is 7.17. The van der Waals surface area contributed by atoms with Crippen LogP contribution in [0.4, 0.5) is 5.13 Å². The lowest BCUT2D eigenvalue weighted by Crippen LogP contribution is -2.48. The van der Waals surface area contributed by atoms with Gasteiger partial charge in [-0.3, -0.25) is 4.90 Å². The molecule has 7 heteroatoms. The van der Waals surface area contributed by atoms with Gasteiger partial charge in [-0.25, -0.2) is 9.78 Å². The maximum absolute atomic E-state index is 11.6. The SMILES string of the molecule is COC(=O)c1sc(N2CCN(CCN(C)C)CC2)nc1C. The lowest BCUT2D eigenvalue weighted by Gasteiger charge is -2.35. The molecule has 6 nitrogen and oxygen atoms in total. The minimum atomic E-state index is -0.291. The van der Waals surface area contributed by atoms with Gasteiger partial charge in [-0.15, -0.1) is 0 Å². The molecule has 0 amide bonds. The average molecular weight is 312 g/mol. The lowest BCUT2D eigenvalue weighted by atomic mass is 10.3. The molecule has 118 valence electrons. The highest BCUT2D eigenvalue weighted by atomic mass is 32.1. The predicted molar refractivity (Wildman–Crippen MR) is 85.4 cm³/mol. The van der Waals surface area contributed by atoms with Crippen molar-refractivity contribution in [2.24, 2.45) is 0 Å². The van der Waals surface area contributed by atoms with Crippen LogP contribution < -0.4 is 4.90 Å². The summed E-state index contributed by atoms with van der Waals surface area (Å²) in [4.78, 5) is 23.7. The maximum atomic E-state index is 11.6. The van der Waals surface area contributed by atoms with Crippen molar-refractivity contribution in [3.05, 3.63) is 10.6 Å². The zero-order chi connectivity index (χ0) is 15.4. The van der Waals surface area contributed by atoms with Gasteiger partial charge in [-0.1, -0.05) is 11.3 Å². The Morgan fingerprint density at radius 3 is 2.57 bits per heavy atom. The van der Waals surface area contributed by atoms with Crippen LogP contribution in [0.15, 0.2) is 0 Å². The van der Waals surface area contributed by atoms with E-state index >= 15 is 0 Å². The van der Waals surface area contributed by atoms with Gasteiger partial charge in [-0.2, -0.15) is 0 Å². The molecule has 0 atom stereocenters. The summed E-state index contributed by atoms with van der Waals surface area (Å²) < 4.78 is 4.79. The fourth-order valence-electron chi connectivity index (χ4n) is 2.30. The quantitative estimate of drug-likeness (QED) is 0.754. The molecule has 1 fully saturated rings. The average Bonchev–Trinajstić information content (AvgIpc) is 2.87. The second-order valence-electron chi connectivity index (χ2n) is 5.53. The summed E-state index contributed by atoms with van der Waals surface area (Å²) in [6, 6.07) is 0. The molecule has 0 aliphatic carbocycles. The monoisotopic (exact) mass is 312 g/mol. The molecule has 0 radical (unpaired) electrons. The summed E-state index contributed by atoms with van der Waals surface area (Å²) in [5.41, 5.74) is 0.761. The molecule has 0 bridgehead atoms. The van der Waals surface area contributed by atoms with Crippen molar-refractivity contribution >= 4 is 22.4 Å². The Balaban J connectivity index is 1.92. The molecule has 0 saturated carbocycles. The van der Waals surface area contributed by atoms with Crippen molar-refractivity contribution in [1.82, 2.24) is 14.8 Å². The molecule has 0 unspecified atom stereocenters. The number of aromatic nitrogens is 1. The zero-order valence-electron chi connectivity index (χ0n) is 13.3. The summed E-state index contributed by atoms with van der Waals surface area (Å²) in [5.74, 6) is -0.291. The smallest absolute Gasteiger partial charge is 0.350 e. The van der Waals surface area contributed by atoms with Crippen molar-refractivity contribution < 1.29 is 9.53 Å². The van der Waals surface area contributed by atoms with Crippen LogP contribution in [0.2, 0.25) is 0 Å². The summed E-state index contributed by atoms with van der Waals surface area (Å²) in [5, 5.41) is 0.931. The number of likely N-dealkylation sites (N-methyl/N-ethyl adjacent to an activating group) is 1. The Hall–Kier alpha value is -1.18. The van der Waals surface area contributed by atoms with E-state index in [4.69, 9.17) is 4.74 Å². The zero-order valence-corrected chi connectivity index (χ0v) is 14.1. The van der Waals surface area contributed by atoms with Crippen LogP contribution >= 0.6 is 11.3 Å². The van der Waals surface area contributed by atoms with Crippen molar-refractivity contribution in [3.8, 4) is 0 Å². The number of carbonyl (C=O) groups excluding carboxylic acids is 1. The third kappa shape index (κ3) is 4.15. The Morgan fingerprint density at radius 2 is 2.00 bits per heavy atom. The van der Waals surface area contributed by atoms with Gasteiger partial charge in [0.15, 0.2) is 5.13 Å². The van der Waals surface area contributed by atoms with Crippen molar-refractivity contribution in [3.63, 3.8) is 0 Å². The van der Waals surface area contributed by atoms with E-state index in [9.17, 15) is 4.79 Å². The highest BCUT2D eigenvalue weighted by Gasteiger charge is 2.22. The first-order valence-corrected chi connectivity index (χ1v) is 8.00. The number of hydrogen-bond acceptors (Lipinski definition) is 7. The van der Waals surface area contributed by atoms with E-state index in [-0.39, 0.29) is 5.97 Å². The van der Waals surface area contributed by atoms with Crippen LogP contribution in [0, 0.1) is 6.92 Å². The molecule has 21 heavy (non-hydrogen) atoms. The Morgan fingerprint density at radius 1 is 1.33 bits per heavy atom. The van der Waals surface area contributed by atoms with Gasteiger partial charge in [0.2, 0.25) is 0 Å². The van der Waals surface area contributed by atoms with Crippen molar-refractivity contribution in [2.75, 3.05) is 65.4 Å². The van der Waals surface area contributed by atoms with Gasteiger partial charge in [0.1, 0.15) is 4.88 Å². The van der Waals surface area contributed by atoms with E-state index in [1.807, 2.05) is 6.92 Å². The molecule has 1 aromatic rings. The number of ether oxygens (including phenoxy) is 1. The van der Waals surface area contributed by atoms with Gasteiger partial charge in [0.25, 0.3) is 0 Å². The van der Waals surface area contributed by atoms with Crippen LogP contribution in [-0.2, 0) is 4.74 Å². The second kappa shape index (κ2) is 7.20. The lowest BCUT2D eigenvalue weighted by molar-refractivity contribution is 0.0605. The molecular formula is C14H24N4O2S. The summed E-state index contributed by atoms with van der Waals surface area (Å²) in [6.07, 6.45) is 0. The van der Waals surface area contributed by atoms with Crippen LogP contribution in [0.25, 0.3) is 0 Å². The third-order valence-electron chi connectivity index (χ3n) is 3.66. The van der Waals surface area contributed by atoms with Gasteiger partial charge in [-0.05, 0) is 21.0 Å². The largest absolute Gasteiger partial charge is 0.465 e. The van der Waals surface area contributed by atoms with E-state index in [2.05, 4.69) is 33.8 Å². The fourth-order valence-corrected chi connectivity index (χ4v) is 3.34. The second-order valence-corrected chi connectivity index (χ2v) is 6.51. The Labute approximate surface area is 130 Å². The van der Waals surface area contributed by atoms with Crippen molar-refractivity contribution in [1.29, 1.82) is 0 Å². The molecule has 0 N–H and O–H groups in total. The number of piperazine rings is 1. The molecule has 1 aliphatic heterocycles. The predicted octanol–water partition coefficient (Wildman–Crippen LogP) is 0.922. The normalized spacial score (nSPS) is 16.5. The number of aryl methyl sites for hydroxylation is 1. The first kappa shape index (κ1) is 16.2. The van der Waals surface area contributed by atoms with E-state index in [0.29, 0.717) is 4.88 Å². The number of carbonyl (C=O) groups is 1. The molecule has 0 spiro atoms. The maximum Gasteiger partial charge on any atom is 0.350 e. The van der Waals surface area contributed by atoms with Gasteiger partial charge in [0, 0.05) is 39.3 Å². The summed E-state index contributed by atoms with van der Waals surface area (Å²) in [6.45, 7) is 8.05. The third-order valence-corrected chi connectivity index (χ3v) is 4.86. The Kier molecular flexibility index (Phi) is 5.55. The molecule has 0 aromatic carbocycles. The number of esters is 1. The first-order chi connectivity index (χ1) is 10.0. The number of methoxy groups -OCH3 is 1. The van der Waals surface area contributed by atoms with Crippen LogP contribution in [-0.4, -0.2) is 81.2 Å². The molecule has 1 aliphatic rings. The molecule has 1 saturated heterocycles. The summed E-state index contributed by atoms with van der Waals surface area (Å²) in [7, 11) is 5.61. The fraction of sp³-hybridized carbons (Fsp3) is 0.714. The van der Waals surface area contributed by atoms with Gasteiger partial charge < -0.3 is 14.5 Å². The van der Waals surface area contributed by atoms with Gasteiger partial charge >= 0.3 is 5.97 Å². The van der Waals surface area contributed by atoms with E-state index in [1.54, 1.807) is 0 Å². The number of rotatable bonds is 5. The van der Waals surface area contributed by atoms with Crippen molar-refractivity contribution in [2.45, 2.75) is 6.92 Å². The van der Waals surface area contributed by atoms with E-state index < -0.39 is 0 Å². The van der Waals surface area contributed by atoms with Crippen LogP contribution in [0.1, 0.15) is 15.4 Å². The summed E-state index contributed by atoms with van der Waals surface area (Å²) >= 11 is 1.43. The van der Waals surface area contributed by atoms with Crippen LogP contribution in [0.5, 0.6) is 0 Å². The van der Waals surface area contributed by atoms with E-state index in [0.717, 1.165) is 50.1 Å². The first-order valence-electron chi connectivity index (χ1n) is 7.19. The molecular weight excluding hydrogens is 288 g/mol. The van der Waals surface area contributed by atoms with Crippen LogP contribution in [0.3, 0.4) is 0 Å². The standard InChI is InChI=1S/C14H24N4O2S/c1-11-12(13(19)20-4)21-14(15-11)18-9-7-17(8-10-18)6-5-16(2)3/h5-10H2,1-4H3. The highest BCUT2D eigenvalue weighted by Crippen LogP contribution is 2.27. The number of anilines is 1. The molecule has 1 aromatic heterocycles. The molecule has 2 rings (SSSR count). The minimum Gasteiger partial charge on any atom is -0.465 e. The Bertz CT molecular complexity index is 481. The number of nitrogens with zero attached hydrogens (tertiary/aromatic N) is 4. The minimum absolute atomic E-state index is 0.291. The number of thiazole rings is 1. The van der Waals surface area contributed by atoms with Gasteiger partial charge in [0.05, 0.1) is 12.8 Å². The van der Waals surface area contributed by atoms with E-state index in [1.165, 1.54) is 18.4 Å².